The van der Waals surface area contributed by atoms with E-state index in [-0.39, 0.29) is 41.3 Å². The normalized spacial score (nSPS) is 13.9. The molecule has 0 unspecified atom stereocenters. The van der Waals surface area contributed by atoms with Crippen molar-refractivity contribution < 1.29 is 37.0 Å². The average Bonchev–Trinajstić information content (AvgIpc) is 3.68. The molecule has 2 amide bonds. The van der Waals surface area contributed by atoms with Crippen molar-refractivity contribution in [3.8, 4) is 23.1 Å². The molecule has 4 rings (SSSR count). The molecule has 1 fully saturated rings. The number of hydrogen-bond donors (Lipinski definition) is 2. The van der Waals surface area contributed by atoms with Gasteiger partial charge >= 0.3 is 6.18 Å². The van der Waals surface area contributed by atoms with Crippen molar-refractivity contribution in [2.75, 3.05) is 14.2 Å². The van der Waals surface area contributed by atoms with E-state index in [1.165, 1.54) is 44.6 Å². The predicted octanol–water partition coefficient (Wildman–Crippen LogP) is 4.49. The third kappa shape index (κ3) is 6.11. The van der Waals surface area contributed by atoms with Crippen LogP contribution in [0.3, 0.4) is 0 Å². The number of carbonyl (C=O) groups excluding carboxylic acids is 2. The van der Waals surface area contributed by atoms with Crippen LogP contribution in [0.5, 0.6) is 23.1 Å². The van der Waals surface area contributed by atoms with Crippen molar-refractivity contribution >= 4 is 11.8 Å². The maximum atomic E-state index is 13.4. The predicted molar refractivity (Wildman–Crippen MR) is 127 cm³/mol. The molecule has 0 saturated heterocycles. The van der Waals surface area contributed by atoms with E-state index in [9.17, 15) is 22.8 Å². The summed E-state index contributed by atoms with van der Waals surface area (Å²) in [7, 11) is 2.72. The first-order valence-electron chi connectivity index (χ1n) is 11.3. The molecular formula is C26H24F3N3O5. The number of methoxy groups -OCH3 is 2. The highest BCUT2D eigenvalue weighted by atomic mass is 19.4. The molecule has 0 bridgehead atoms. The second kappa shape index (κ2) is 10.4. The van der Waals surface area contributed by atoms with Gasteiger partial charge in [0.25, 0.3) is 5.91 Å². The molecule has 0 spiro atoms. The molecule has 11 heteroatoms. The number of benzene rings is 2. The molecule has 1 aliphatic carbocycles. The van der Waals surface area contributed by atoms with Gasteiger partial charge in [0.2, 0.25) is 11.8 Å². The van der Waals surface area contributed by atoms with E-state index in [0.717, 1.165) is 6.07 Å². The molecule has 1 aliphatic rings. The summed E-state index contributed by atoms with van der Waals surface area (Å²) in [5.41, 5.74) is -1.13. The Bertz CT molecular complexity index is 1290. The molecule has 0 aliphatic heterocycles. The summed E-state index contributed by atoms with van der Waals surface area (Å²) >= 11 is 0. The summed E-state index contributed by atoms with van der Waals surface area (Å²) in [6.45, 7) is 0.157. The number of rotatable bonds is 9. The Morgan fingerprint density at radius 3 is 2.30 bits per heavy atom. The summed E-state index contributed by atoms with van der Waals surface area (Å²) in [4.78, 5) is 29.4. The quantitative estimate of drug-likeness (QED) is 0.436. The lowest BCUT2D eigenvalue weighted by molar-refractivity contribution is -0.138. The van der Waals surface area contributed by atoms with E-state index in [4.69, 9.17) is 14.2 Å². The molecule has 1 saturated carbocycles. The lowest BCUT2D eigenvalue weighted by Gasteiger charge is -2.17. The van der Waals surface area contributed by atoms with Crippen LogP contribution in [-0.2, 0) is 17.5 Å². The number of amides is 2. The molecule has 194 valence electrons. The summed E-state index contributed by atoms with van der Waals surface area (Å²) in [6, 6.07) is 14.5. The van der Waals surface area contributed by atoms with Gasteiger partial charge in [0.1, 0.15) is 34.0 Å². The second-order valence-electron chi connectivity index (χ2n) is 8.39. The van der Waals surface area contributed by atoms with E-state index in [1.807, 2.05) is 0 Å². The second-order valence-corrected chi connectivity index (χ2v) is 8.39. The van der Waals surface area contributed by atoms with E-state index in [1.54, 1.807) is 24.3 Å². The largest absolute Gasteiger partial charge is 0.497 e. The van der Waals surface area contributed by atoms with Crippen LogP contribution in [0.15, 0.2) is 60.7 Å². The molecule has 1 aromatic heterocycles. The Balaban J connectivity index is 1.35. The molecule has 37 heavy (non-hydrogen) atoms. The van der Waals surface area contributed by atoms with Gasteiger partial charge in [-0.2, -0.15) is 13.2 Å². The van der Waals surface area contributed by atoms with Gasteiger partial charge in [0.15, 0.2) is 0 Å². The zero-order valence-electron chi connectivity index (χ0n) is 20.0. The number of alkyl halides is 3. The highest BCUT2D eigenvalue weighted by Crippen LogP contribution is 2.40. The highest BCUT2D eigenvalue weighted by Gasteiger charge is 2.51. The van der Waals surface area contributed by atoms with Gasteiger partial charge in [-0.05, 0) is 54.8 Å². The molecule has 2 N–H and O–H groups in total. The van der Waals surface area contributed by atoms with Crippen LogP contribution < -0.4 is 24.8 Å². The van der Waals surface area contributed by atoms with Gasteiger partial charge in [-0.15, -0.1) is 0 Å². The van der Waals surface area contributed by atoms with Crippen LogP contribution in [0, 0.1) is 0 Å². The number of nitrogens with zero attached hydrogens (tertiary/aromatic N) is 1. The molecular weight excluding hydrogens is 491 g/mol. The van der Waals surface area contributed by atoms with E-state index in [0.29, 0.717) is 18.4 Å². The number of aromatic nitrogens is 1. The number of pyridine rings is 1. The van der Waals surface area contributed by atoms with Gasteiger partial charge in [0, 0.05) is 12.6 Å². The molecule has 8 nitrogen and oxygen atoms in total. The average molecular weight is 515 g/mol. The van der Waals surface area contributed by atoms with Gasteiger partial charge in [-0.25, -0.2) is 4.98 Å². The van der Waals surface area contributed by atoms with Crippen molar-refractivity contribution in [1.82, 2.24) is 15.6 Å². The molecule has 1 heterocycles. The molecule has 2 aromatic carbocycles. The zero-order valence-corrected chi connectivity index (χ0v) is 20.0. The van der Waals surface area contributed by atoms with Crippen molar-refractivity contribution in [3.05, 3.63) is 77.5 Å². The highest BCUT2D eigenvalue weighted by molar-refractivity contribution is 5.99. The summed E-state index contributed by atoms with van der Waals surface area (Å²) < 4.78 is 55.6. The third-order valence-electron chi connectivity index (χ3n) is 5.80. The van der Waals surface area contributed by atoms with E-state index >= 15 is 0 Å². The maximum absolute atomic E-state index is 13.4. The monoisotopic (exact) mass is 515 g/mol. The fraction of sp³-hybridized carbons (Fsp3) is 0.269. The number of halogens is 3. The Morgan fingerprint density at radius 1 is 0.973 bits per heavy atom. The summed E-state index contributed by atoms with van der Waals surface area (Å²) in [5, 5.41) is 5.53. The van der Waals surface area contributed by atoms with E-state index in [2.05, 4.69) is 15.6 Å². The Labute approximate surface area is 210 Å². The van der Waals surface area contributed by atoms with Crippen molar-refractivity contribution in [2.45, 2.75) is 31.1 Å². The molecule has 3 aromatic rings. The lowest BCUT2D eigenvalue weighted by Crippen LogP contribution is -2.49. The summed E-state index contributed by atoms with van der Waals surface area (Å²) in [6.07, 6.45) is -3.64. The van der Waals surface area contributed by atoms with Crippen LogP contribution in [0.25, 0.3) is 0 Å². The minimum absolute atomic E-state index is 0.0650. The van der Waals surface area contributed by atoms with Crippen LogP contribution in [0.4, 0.5) is 13.2 Å². The number of hydrogen-bond acceptors (Lipinski definition) is 6. The van der Waals surface area contributed by atoms with Crippen LogP contribution >= 0.6 is 0 Å². The standard InChI is InChI=1S/C26H24F3N3O5/c1-35-18-10-11-21(19(14-18)26(27,28)29)37-17-8-6-16(7-9-17)15-30-24(34)25(12-13-25)32-23(33)20-4-3-5-22(31-20)36-2/h3-11,14H,12-13,15H2,1-2H3,(H,30,34)(H,32,33). The summed E-state index contributed by atoms with van der Waals surface area (Å²) in [5.74, 6) is -0.623. The SMILES string of the molecule is COc1ccc(Oc2ccc(CNC(=O)C3(NC(=O)c4cccc(OC)n4)CC3)cc2)c(C(F)(F)F)c1. The van der Waals surface area contributed by atoms with Gasteiger partial charge in [0.05, 0.1) is 14.2 Å². The van der Waals surface area contributed by atoms with Gasteiger partial charge in [-0.1, -0.05) is 18.2 Å². The Hall–Kier alpha value is -4.28. The Morgan fingerprint density at radius 2 is 1.68 bits per heavy atom. The number of nitrogens with one attached hydrogen (secondary N) is 2. The van der Waals surface area contributed by atoms with Gasteiger partial charge < -0.3 is 24.8 Å². The molecule has 0 radical (unpaired) electrons. The Kier molecular flexibility index (Phi) is 7.23. The molecule has 0 atom stereocenters. The smallest absolute Gasteiger partial charge is 0.420 e. The zero-order chi connectivity index (χ0) is 26.6. The first-order chi connectivity index (χ1) is 17.6. The number of ether oxygens (including phenoxy) is 3. The fourth-order valence-corrected chi connectivity index (χ4v) is 3.57. The lowest BCUT2D eigenvalue weighted by atomic mass is 10.1. The first-order valence-corrected chi connectivity index (χ1v) is 11.3. The van der Waals surface area contributed by atoms with Crippen LogP contribution in [0.1, 0.15) is 34.5 Å². The van der Waals surface area contributed by atoms with Crippen LogP contribution in [0.2, 0.25) is 0 Å². The number of carbonyl (C=O) groups is 2. The van der Waals surface area contributed by atoms with Crippen LogP contribution in [-0.4, -0.2) is 36.6 Å². The minimum atomic E-state index is -4.62. The minimum Gasteiger partial charge on any atom is -0.497 e. The van der Waals surface area contributed by atoms with E-state index < -0.39 is 23.2 Å². The van der Waals surface area contributed by atoms with Crippen molar-refractivity contribution in [3.63, 3.8) is 0 Å². The van der Waals surface area contributed by atoms with Gasteiger partial charge in [-0.3, -0.25) is 9.59 Å². The fourth-order valence-electron chi connectivity index (χ4n) is 3.57. The topological polar surface area (TPSA) is 98.8 Å². The van der Waals surface area contributed by atoms with Crippen molar-refractivity contribution in [2.24, 2.45) is 0 Å². The third-order valence-corrected chi connectivity index (χ3v) is 5.80. The van der Waals surface area contributed by atoms with Crippen molar-refractivity contribution in [1.29, 1.82) is 0 Å². The maximum Gasteiger partial charge on any atom is 0.420 e. The first kappa shape index (κ1) is 25.8.